The van der Waals surface area contributed by atoms with Crippen LogP contribution >= 0.6 is 23.4 Å². The lowest BCUT2D eigenvalue weighted by molar-refractivity contribution is -0.127. The Bertz CT molecular complexity index is 1190. The van der Waals surface area contributed by atoms with Gasteiger partial charge in [-0.15, -0.1) is 10.2 Å². The van der Waals surface area contributed by atoms with Gasteiger partial charge in [0, 0.05) is 17.6 Å². The summed E-state index contributed by atoms with van der Waals surface area (Å²) in [6, 6.07) is 17.4. The van der Waals surface area contributed by atoms with E-state index in [1.807, 2.05) is 24.3 Å². The van der Waals surface area contributed by atoms with Crippen LogP contribution in [0.15, 0.2) is 76.6 Å². The van der Waals surface area contributed by atoms with Gasteiger partial charge in [-0.05, 0) is 48.5 Å². The van der Waals surface area contributed by atoms with E-state index in [1.165, 1.54) is 28.7 Å². The first kappa shape index (κ1) is 21.1. The summed E-state index contributed by atoms with van der Waals surface area (Å²) in [6.07, 6.45) is 1.43. The molecule has 2 aromatic heterocycles. The molecular weight excluding hydrogens is 439 g/mol. The first-order chi connectivity index (χ1) is 15.0. The molecule has 2 aromatic carbocycles. The summed E-state index contributed by atoms with van der Waals surface area (Å²) in [5.74, 6) is 1.01. The number of hydrogen-bond donors (Lipinski definition) is 0. The van der Waals surface area contributed by atoms with Crippen LogP contribution in [-0.2, 0) is 11.3 Å². The van der Waals surface area contributed by atoms with Crippen LogP contribution in [0.4, 0.5) is 4.39 Å². The summed E-state index contributed by atoms with van der Waals surface area (Å²) >= 11 is 7.12. The van der Waals surface area contributed by atoms with Crippen molar-refractivity contribution in [1.82, 2.24) is 19.7 Å². The Morgan fingerprint density at radius 3 is 2.71 bits per heavy atom. The van der Waals surface area contributed by atoms with Crippen LogP contribution in [0.3, 0.4) is 0 Å². The largest absolute Gasteiger partial charge is 0.459 e. The van der Waals surface area contributed by atoms with Gasteiger partial charge in [0.1, 0.15) is 23.7 Å². The molecule has 0 unspecified atom stereocenters. The zero-order valence-corrected chi connectivity index (χ0v) is 18.1. The molecule has 0 saturated heterocycles. The molecule has 4 aromatic rings. The SMILES string of the molecule is CN(Cc1ccc(-c2ccc(Cl)cc2)o1)C(=O)CSc1nncn1-c1ccccc1F. The Balaban J connectivity index is 1.37. The van der Waals surface area contributed by atoms with Crippen LogP contribution in [0, 0.1) is 5.82 Å². The molecule has 4 rings (SSSR count). The summed E-state index contributed by atoms with van der Waals surface area (Å²) < 4.78 is 21.5. The van der Waals surface area contributed by atoms with Gasteiger partial charge in [-0.3, -0.25) is 9.36 Å². The smallest absolute Gasteiger partial charge is 0.233 e. The maximum atomic E-state index is 14.1. The monoisotopic (exact) mass is 456 g/mol. The molecule has 1 amide bonds. The van der Waals surface area contributed by atoms with E-state index in [9.17, 15) is 9.18 Å². The number of furan rings is 1. The highest BCUT2D eigenvalue weighted by Gasteiger charge is 2.16. The number of thioether (sulfide) groups is 1. The van der Waals surface area contributed by atoms with E-state index in [-0.39, 0.29) is 17.5 Å². The van der Waals surface area contributed by atoms with Gasteiger partial charge in [-0.25, -0.2) is 4.39 Å². The maximum Gasteiger partial charge on any atom is 0.233 e. The number of amides is 1. The molecule has 0 radical (unpaired) electrons. The highest BCUT2D eigenvalue weighted by atomic mass is 35.5. The quantitative estimate of drug-likeness (QED) is 0.363. The first-order valence-electron chi connectivity index (χ1n) is 9.37. The van der Waals surface area contributed by atoms with Gasteiger partial charge in [0.05, 0.1) is 18.0 Å². The van der Waals surface area contributed by atoms with Gasteiger partial charge < -0.3 is 9.32 Å². The molecule has 0 N–H and O–H groups in total. The second kappa shape index (κ2) is 9.36. The molecule has 0 fully saturated rings. The van der Waals surface area contributed by atoms with E-state index >= 15 is 0 Å². The van der Waals surface area contributed by atoms with Gasteiger partial charge in [0.2, 0.25) is 5.91 Å². The molecule has 0 atom stereocenters. The van der Waals surface area contributed by atoms with E-state index < -0.39 is 0 Å². The Morgan fingerprint density at radius 2 is 1.94 bits per heavy atom. The lowest BCUT2D eigenvalue weighted by Gasteiger charge is -2.15. The average molecular weight is 457 g/mol. The predicted octanol–water partition coefficient (Wildman–Crippen LogP) is 5.07. The minimum absolute atomic E-state index is 0.113. The van der Waals surface area contributed by atoms with Crippen molar-refractivity contribution in [3.05, 3.63) is 83.6 Å². The van der Waals surface area contributed by atoms with Gasteiger partial charge in [-0.1, -0.05) is 35.5 Å². The third-order valence-corrected chi connectivity index (χ3v) is 5.74. The van der Waals surface area contributed by atoms with Crippen LogP contribution in [-0.4, -0.2) is 38.4 Å². The standard InChI is InChI=1S/C22H18ClFN4O2S/c1-27(12-17-10-11-20(30-17)15-6-8-16(23)9-7-15)21(29)13-31-22-26-25-14-28(22)19-5-3-2-4-18(19)24/h2-11,14H,12-13H2,1H3. The Labute approximate surface area is 187 Å². The molecule has 6 nitrogen and oxygen atoms in total. The van der Waals surface area contributed by atoms with Crippen molar-refractivity contribution in [2.45, 2.75) is 11.7 Å². The highest BCUT2D eigenvalue weighted by molar-refractivity contribution is 7.99. The zero-order valence-electron chi connectivity index (χ0n) is 16.5. The summed E-state index contributed by atoms with van der Waals surface area (Å²) in [6.45, 7) is 0.326. The normalized spacial score (nSPS) is 10.9. The van der Waals surface area contributed by atoms with Crippen molar-refractivity contribution in [2.75, 3.05) is 12.8 Å². The number of hydrogen-bond acceptors (Lipinski definition) is 5. The van der Waals surface area contributed by atoms with E-state index in [4.69, 9.17) is 16.0 Å². The lowest BCUT2D eigenvalue weighted by Crippen LogP contribution is -2.27. The number of halogens is 2. The predicted molar refractivity (Wildman–Crippen MR) is 118 cm³/mol. The first-order valence-corrected chi connectivity index (χ1v) is 10.7. The fraction of sp³-hybridized carbons (Fsp3) is 0.136. The molecule has 0 spiro atoms. The highest BCUT2D eigenvalue weighted by Crippen LogP contribution is 2.25. The van der Waals surface area contributed by atoms with Crippen molar-refractivity contribution in [3.8, 4) is 17.0 Å². The molecular formula is C22H18ClFN4O2S. The van der Waals surface area contributed by atoms with Crippen LogP contribution in [0.5, 0.6) is 0 Å². The van der Waals surface area contributed by atoms with Crippen LogP contribution in [0.25, 0.3) is 17.0 Å². The summed E-state index contributed by atoms with van der Waals surface area (Å²) in [5.41, 5.74) is 1.24. The van der Waals surface area contributed by atoms with E-state index in [1.54, 1.807) is 42.3 Å². The summed E-state index contributed by atoms with van der Waals surface area (Å²) in [5, 5.41) is 8.94. The van der Waals surface area contributed by atoms with Gasteiger partial charge in [0.15, 0.2) is 5.16 Å². The zero-order chi connectivity index (χ0) is 21.8. The van der Waals surface area contributed by atoms with Crippen molar-refractivity contribution in [2.24, 2.45) is 0 Å². The van der Waals surface area contributed by atoms with E-state index in [0.717, 1.165) is 5.56 Å². The minimum Gasteiger partial charge on any atom is -0.459 e. The molecule has 0 bridgehead atoms. The number of aromatic nitrogens is 3. The van der Waals surface area contributed by atoms with Crippen LogP contribution in [0.2, 0.25) is 5.02 Å². The van der Waals surface area contributed by atoms with Gasteiger partial charge in [0.25, 0.3) is 0 Å². The van der Waals surface area contributed by atoms with Gasteiger partial charge in [-0.2, -0.15) is 0 Å². The third kappa shape index (κ3) is 4.98. The third-order valence-electron chi connectivity index (χ3n) is 4.56. The fourth-order valence-electron chi connectivity index (χ4n) is 2.93. The molecule has 2 heterocycles. The molecule has 158 valence electrons. The number of rotatable bonds is 7. The Morgan fingerprint density at radius 1 is 1.16 bits per heavy atom. The van der Waals surface area contributed by atoms with Crippen LogP contribution in [0.1, 0.15) is 5.76 Å². The Kier molecular flexibility index (Phi) is 6.39. The molecule has 0 aliphatic heterocycles. The van der Waals surface area contributed by atoms with E-state index in [0.29, 0.717) is 33.9 Å². The number of nitrogens with zero attached hydrogens (tertiary/aromatic N) is 4. The molecule has 9 heteroatoms. The van der Waals surface area contributed by atoms with Crippen molar-refractivity contribution in [3.63, 3.8) is 0 Å². The number of carbonyl (C=O) groups excluding carboxylic acids is 1. The Hall–Kier alpha value is -3.10. The van der Waals surface area contributed by atoms with E-state index in [2.05, 4.69) is 10.2 Å². The molecule has 0 saturated carbocycles. The molecule has 31 heavy (non-hydrogen) atoms. The minimum atomic E-state index is -0.387. The molecule has 0 aliphatic rings. The number of carbonyl (C=O) groups is 1. The lowest BCUT2D eigenvalue weighted by atomic mass is 10.2. The summed E-state index contributed by atoms with van der Waals surface area (Å²) in [7, 11) is 1.70. The van der Waals surface area contributed by atoms with Gasteiger partial charge >= 0.3 is 0 Å². The molecule has 0 aliphatic carbocycles. The topological polar surface area (TPSA) is 64.2 Å². The average Bonchev–Trinajstić information content (AvgIpc) is 3.42. The number of para-hydroxylation sites is 1. The van der Waals surface area contributed by atoms with Crippen molar-refractivity contribution in [1.29, 1.82) is 0 Å². The fourth-order valence-corrected chi connectivity index (χ4v) is 3.91. The second-order valence-electron chi connectivity index (χ2n) is 6.75. The van der Waals surface area contributed by atoms with Crippen LogP contribution < -0.4 is 0 Å². The summed E-state index contributed by atoms with van der Waals surface area (Å²) in [4.78, 5) is 14.2. The second-order valence-corrected chi connectivity index (χ2v) is 8.13. The number of benzene rings is 2. The van der Waals surface area contributed by atoms with Crippen molar-refractivity contribution < 1.29 is 13.6 Å². The maximum absolute atomic E-state index is 14.1. The van der Waals surface area contributed by atoms with Crippen molar-refractivity contribution >= 4 is 29.3 Å².